The first-order valence-electron chi connectivity index (χ1n) is 7.19. The van der Waals surface area contributed by atoms with E-state index in [1.807, 2.05) is 0 Å². The first-order valence-corrected chi connectivity index (χ1v) is 7.19. The maximum Gasteiger partial charge on any atom is 0.254 e. The molecule has 0 aromatic rings. The standard InChI is InChI=1S/C14H26N2O3/c1-11-9-15(12(17)14(19)5-4-6-14)7-8-16(11)10-13(2,3)18/h11,18-19H,4-10H2,1-3H3. The van der Waals surface area contributed by atoms with Crippen LogP contribution in [0.4, 0.5) is 0 Å². The fraction of sp³-hybridized carbons (Fsp3) is 0.929. The van der Waals surface area contributed by atoms with Gasteiger partial charge in [-0.1, -0.05) is 0 Å². The number of amides is 1. The van der Waals surface area contributed by atoms with Crippen LogP contribution in [-0.2, 0) is 4.79 Å². The number of nitrogens with zero attached hydrogens (tertiary/aromatic N) is 2. The highest BCUT2D eigenvalue weighted by molar-refractivity contribution is 5.86. The third-order valence-electron chi connectivity index (χ3n) is 4.22. The van der Waals surface area contributed by atoms with Crippen LogP contribution in [0.5, 0.6) is 0 Å². The molecule has 1 unspecified atom stereocenters. The molecule has 1 heterocycles. The smallest absolute Gasteiger partial charge is 0.254 e. The predicted molar refractivity (Wildman–Crippen MR) is 72.7 cm³/mol. The number of carbonyl (C=O) groups is 1. The van der Waals surface area contributed by atoms with E-state index in [4.69, 9.17) is 0 Å². The van der Waals surface area contributed by atoms with Crippen molar-refractivity contribution in [2.75, 3.05) is 26.2 Å². The van der Waals surface area contributed by atoms with E-state index in [2.05, 4.69) is 11.8 Å². The molecule has 2 fully saturated rings. The average Bonchev–Trinajstić information content (AvgIpc) is 2.26. The molecule has 0 bridgehead atoms. The van der Waals surface area contributed by atoms with Gasteiger partial charge in [0.1, 0.15) is 5.60 Å². The Kier molecular flexibility index (Phi) is 3.91. The van der Waals surface area contributed by atoms with Crippen LogP contribution in [0.15, 0.2) is 0 Å². The third kappa shape index (κ3) is 3.27. The van der Waals surface area contributed by atoms with Crippen LogP contribution in [0.25, 0.3) is 0 Å². The Morgan fingerprint density at radius 1 is 1.37 bits per heavy atom. The minimum absolute atomic E-state index is 0.103. The summed E-state index contributed by atoms with van der Waals surface area (Å²) in [5, 5.41) is 20.0. The van der Waals surface area contributed by atoms with Gasteiger partial charge in [-0.15, -0.1) is 0 Å². The molecule has 2 rings (SSSR count). The molecule has 1 aliphatic heterocycles. The molecule has 5 nitrogen and oxygen atoms in total. The van der Waals surface area contributed by atoms with Crippen LogP contribution in [0.2, 0.25) is 0 Å². The van der Waals surface area contributed by atoms with E-state index in [0.717, 1.165) is 13.0 Å². The van der Waals surface area contributed by atoms with Gasteiger partial charge < -0.3 is 15.1 Å². The fourth-order valence-electron chi connectivity index (χ4n) is 2.93. The molecular weight excluding hydrogens is 244 g/mol. The Hall–Kier alpha value is -0.650. The topological polar surface area (TPSA) is 64.0 Å². The van der Waals surface area contributed by atoms with Crippen molar-refractivity contribution in [1.82, 2.24) is 9.80 Å². The lowest BCUT2D eigenvalue weighted by molar-refractivity contribution is -0.163. The quantitative estimate of drug-likeness (QED) is 0.769. The molecule has 0 radical (unpaired) electrons. The zero-order valence-electron chi connectivity index (χ0n) is 12.2. The van der Waals surface area contributed by atoms with Crippen LogP contribution in [-0.4, -0.2) is 69.3 Å². The molecule has 110 valence electrons. The number of hydrogen-bond acceptors (Lipinski definition) is 4. The third-order valence-corrected chi connectivity index (χ3v) is 4.22. The fourth-order valence-corrected chi connectivity index (χ4v) is 2.93. The van der Waals surface area contributed by atoms with Gasteiger partial charge in [0.05, 0.1) is 5.60 Å². The molecule has 1 saturated heterocycles. The van der Waals surface area contributed by atoms with Crippen LogP contribution in [0.1, 0.15) is 40.0 Å². The van der Waals surface area contributed by atoms with E-state index >= 15 is 0 Å². The largest absolute Gasteiger partial charge is 0.389 e. The lowest BCUT2D eigenvalue weighted by atomic mass is 9.79. The summed E-state index contributed by atoms with van der Waals surface area (Å²) >= 11 is 0. The summed E-state index contributed by atoms with van der Waals surface area (Å²) in [6.07, 6.45) is 2.14. The van der Waals surface area contributed by atoms with Gasteiger partial charge in [0.25, 0.3) is 5.91 Å². The summed E-state index contributed by atoms with van der Waals surface area (Å²) < 4.78 is 0. The second-order valence-corrected chi connectivity index (χ2v) is 6.77. The Morgan fingerprint density at radius 3 is 2.42 bits per heavy atom. The lowest BCUT2D eigenvalue weighted by Crippen LogP contribution is -2.61. The Labute approximate surface area is 115 Å². The summed E-state index contributed by atoms with van der Waals surface area (Å²) in [6, 6.07) is 0.216. The van der Waals surface area contributed by atoms with Crippen molar-refractivity contribution < 1.29 is 15.0 Å². The van der Waals surface area contributed by atoms with Crippen LogP contribution < -0.4 is 0 Å². The monoisotopic (exact) mass is 270 g/mol. The SMILES string of the molecule is CC1CN(C(=O)C2(O)CCC2)CCN1CC(C)(C)O. The van der Waals surface area contributed by atoms with Gasteiger partial charge in [0.2, 0.25) is 0 Å². The molecule has 1 aliphatic carbocycles. The highest BCUT2D eigenvalue weighted by Gasteiger charge is 2.45. The Morgan fingerprint density at radius 2 is 2.00 bits per heavy atom. The summed E-state index contributed by atoms with van der Waals surface area (Å²) in [7, 11) is 0. The number of carbonyl (C=O) groups excluding carboxylic acids is 1. The van der Waals surface area contributed by atoms with E-state index in [9.17, 15) is 15.0 Å². The molecule has 1 amide bonds. The lowest BCUT2D eigenvalue weighted by Gasteiger charge is -2.46. The van der Waals surface area contributed by atoms with Crippen molar-refractivity contribution in [2.24, 2.45) is 0 Å². The number of aliphatic hydroxyl groups is 2. The molecule has 19 heavy (non-hydrogen) atoms. The van der Waals surface area contributed by atoms with Crippen molar-refractivity contribution in [3.63, 3.8) is 0 Å². The molecule has 1 atom stereocenters. The molecule has 5 heteroatoms. The number of rotatable bonds is 3. The zero-order chi connectivity index (χ0) is 14.3. The average molecular weight is 270 g/mol. The van der Waals surface area contributed by atoms with Crippen molar-refractivity contribution in [2.45, 2.75) is 57.3 Å². The highest BCUT2D eigenvalue weighted by Crippen LogP contribution is 2.33. The second kappa shape index (κ2) is 5.04. The maximum absolute atomic E-state index is 12.2. The van der Waals surface area contributed by atoms with Crippen molar-refractivity contribution in [3.8, 4) is 0 Å². The van der Waals surface area contributed by atoms with Crippen molar-refractivity contribution in [3.05, 3.63) is 0 Å². The Bertz CT molecular complexity index is 347. The number of piperazine rings is 1. The maximum atomic E-state index is 12.2. The van der Waals surface area contributed by atoms with Crippen molar-refractivity contribution >= 4 is 5.91 Å². The van der Waals surface area contributed by atoms with Crippen LogP contribution >= 0.6 is 0 Å². The van der Waals surface area contributed by atoms with Gasteiger partial charge in [0, 0.05) is 32.2 Å². The summed E-state index contributed by atoms with van der Waals surface area (Å²) in [5.74, 6) is -0.103. The van der Waals surface area contributed by atoms with E-state index in [0.29, 0.717) is 32.5 Å². The summed E-state index contributed by atoms with van der Waals surface area (Å²) in [4.78, 5) is 16.2. The number of hydrogen-bond donors (Lipinski definition) is 2. The van der Waals surface area contributed by atoms with Crippen LogP contribution in [0.3, 0.4) is 0 Å². The molecule has 2 aliphatic rings. The molecule has 2 N–H and O–H groups in total. The number of β-amino-alcohol motifs (C(OH)–C–C–N with tert-alkyl or cyclic N) is 1. The molecule has 0 spiro atoms. The summed E-state index contributed by atoms with van der Waals surface area (Å²) in [6.45, 7) is 8.31. The van der Waals surface area contributed by atoms with E-state index in [1.54, 1.807) is 18.7 Å². The molecule has 0 aromatic carbocycles. The van der Waals surface area contributed by atoms with Gasteiger partial charge in [-0.2, -0.15) is 0 Å². The first kappa shape index (κ1) is 14.8. The van der Waals surface area contributed by atoms with Gasteiger partial charge in [-0.3, -0.25) is 9.69 Å². The van der Waals surface area contributed by atoms with E-state index < -0.39 is 11.2 Å². The molecule has 1 saturated carbocycles. The van der Waals surface area contributed by atoms with Gasteiger partial charge in [-0.05, 0) is 40.0 Å². The normalized spacial score (nSPS) is 28.1. The van der Waals surface area contributed by atoms with Crippen LogP contribution in [0, 0.1) is 0 Å². The second-order valence-electron chi connectivity index (χ2n) is 6.77. The Balaban J connectivity index is 1.91. The highest BCUT2D eigenvalue weighted by atomic mass is 16.3. The molecule has 0 aromatic heterocycles. The molecular formula is C14H26N2O3. The van der Waals surface area contributed by atoms with Gasteiger partial charge >= 0.3 is 0 Å². The minimum Gasteiger partial charge on any atom is -0.389 e. The van der Waals surface area contributed by atoms with E-state index in [1.165, 1.54) is 0 Å². The van der Waals surface area contributed by atoms with Crippen molar-refractivity contribution in [1.29, 1.82) is 0 Å². The zero-order valence-corrected chi connectivity index (χ0v) is 12.2. The van der Waals surface area contributed by atoms with Gasteiger partial charge in [0.15, 0.2) is 0 Å². The minimum atomic E-state index is -1.09. The van der Waals surface area contributed by atoms with Gasteiger partial charge in [-0.25, -0.2) is 0 Å². The first-order chi connectivity index (χ1) is 8.71. The summed E-state index contributed by atoms with van der Waals surface area (Å²) in [5.41, 5.74) is -1.80. The van der Waals surface area contributed by atoms with E-state index in [-0.39, 0.29) is 11.9 Å². The predicted octanol–water partition coefficient (Wildman–Crippen LogP) is 0.205.